The maximum absolute atomic E-state index is 12.9. The molecule has 2 heterocycles. The summed E-state index contributed by atoms with van der Waals surface area (Å²) < 4.78 is 16.1. The second-order valence-electron chi connectivity index (χ2n) is 8.49. The molecule has 3 rings (SSSR count). The molecule has 2 saturated heterocycles. The van der Waals surface area contributed by atoms with Gasteiger partial charge in [0.1, 0.15) is 6.04 Å². The number of allylic oxidation sites excluding steroid dienone is 1. The summed E-state index contributed by atoms with van der Waals surface area (Å²) in [6.07, 6.45) is 3.26. The summed E-state index contributed by atoms with van der Waals surface area (Å²) >= 11 is 0. The van der Waals surface area contributed by atoms with Crippen LogP contribution in [0.15, 0.2) is 22.7 Å². The fourth-order valence-electron chi connectivity index (χ4n) is 4.20. The first-order valence-electron chi connectivity index (χ1n) is 10.9. The van der Waals surface area contributed by atoms with E-state index in [1.165, 1.54) is 0 Å². The van der Waals surface area contributed by atoms with Crippen molar-refractivity contribution in [2.75, 3.05) is 46.1 Å². The van der Waals surface area contributed by atoms with E-state index in [-0.39, 0.29) is 17.7 Å². The average Bonchev–Trinajstić information content (AvgIpc) is 3.11. The summed E-state index contributed by atoms with van der Waals surface area (Å²) in [7, 11) is -0.955. The Hall–Kier alpha value is -1.68. The molecule has 0 aromatic carbocycles. The monoisotopic (exact) mass is 420 g/mol. The molecule has 9 heteroatoms. The molecule has 2 atom stereocenters. The van der Waals surface area contributed by atoms with Gasteiger partial charge in [0.05, 0.1) is 19.8 Å². The molecule has 0 aromatic heterocycles. The number of amides is 1. The van der Waals surface area contributed by atoms with Gasteiger partial charge >= 0.3 is 13.1 Å². The fourth-order valence-corrected chi connectivity index (χ4v) is 4.20. The number of ether oxygens (including phenoxy) is 2. The summed E-state index contributed by atoms with van der Waals surface area (Å²) in [5.74, 6) is -0.717. The lowest BCUT2D eigenvalue weighted by Gasteiger charge is -2.27. The van der Waals surface area contributed by atoms with Gasteiger partial charge in [0, 0.05) is 37.7 Å². The summed E-state index contributed by atoms with van der Waals surface area (Å²) in [4.78, 5) is 27.8. The Bertz CT molecular complexity index is 702. The summed E-state index contributed by atoms with van der Waals surface area (Å²) in [6, 6.07) is -0.720. The lowest BCUT2D eigenvalue weighted by molar-refractivity contribution is -0.149. The Balaban J connectivity index is 1.52. The van der Waals surface area contributed by atoms with E-state index >= 15 is 0 Å². The molecule has 0 saturated carbocycles. The van der Waals surface area contributed by atoms with Gasteiger partial charge in [0.25, 0.3) is 5.91 Å². The van der Waals surface area contributed by atoms with Gasteiger partial charge in [0.15, 0.2) is 0 Å². The van der Waals surface area contributed by atoms with Crippen molar-refractivity contribution in [2.45, 2.75) is 39.7 Å². The molecule has 0 spiro atoms. The van der Waals surface area contributed by atoms with Crippen LogP contribution in [0.25, 0.3) is 0 Å². The third-order valence-electron chi connectivity index (χ3n) is 6.02. The second-order valence-corrected chi connectivity index (χ2v) is 8.49. The zero-order valence-corrected chi connectivity index (χ0v) is 18.2. The van der Waals surface area contributed by atoms with Crippen molar-refractivity contribution >= 4 is 19.0 Å². The summed E-state index contributed by atoms with van der Waals surface area (Å²) in [5, 5.41) is 12.9. The number of carbonyl (C=O) groups excluding carboxylic acids is 2. The van der Waals surface area contributed by atoms with Crippen molar-refractivity contribution in [1.29, 1.82) is 0 Å². The largest absolute Gasteiger partial charge is 0.487 e. The molecule has 166 valence electrons. The predicted octanol–water partition coefficient (Wildman–Crippen LogP) is 0.705. The number of nitrogens with zero attached hydrogens (tertiary/aromatic N) is 1. The van der Waals surface area contributed by atoms with Crippen LogP contribution in [0.1, 0.15) is 33.6 Å². The molecule has 2 N–H and O–H groups in total. The van der Waals surface area contributed by atoms with Crippen molar-refractivity contribution in [2.24, 2.45) is 11.8 Å². The first kappa shape index (κ1) is 23.0. The highest BCUT2D eigenvalue weighted by Gasteiger charge is 2.39. The van der Waals surface area contributed by atoms with Crippen molar-refractivity contribution < 1.29 is 28.7 Å². The molecule has 1 aliphatic carbocycles. The molecule has 0 bridgehead atoms. The van der Waals surface area contributed by atoms with Gasteiger partial charge in [-0.3, -0.25) is 9.69 Å². The predicted molar refractivity (Wildman–Crippen MR) is 112 cm³/mol. The Kier molecular flexibility index (Phi) is 8.10. The molecule has 2 fully saturated rings. The van der Waals surface area contributed by atoms with Gasteiger partial charge in [-0.2, -0.15) is 0 Å². The van der Waals surface area contributed by atoms with E-state index < -0.39 is 19.1 Å². The molecular weight excluding hydrogens is 387 g/mol. The van der Waals surface area contributed by atoms with Crippen molar-refractivity contribution in [3.05, 3.63) is 22.7 Å². The van der Waals surface area contributed by atoms with E-state index in [0.717, 1.165) is 50.3 Å². The van der Waals surface area contributed by atoms with Gasteiger partial charge in [-0.25, -0.2) is 4.79 Å². The van der Waals surface area contributed by atoms with Crippen LogP contribution in [0.5, 0.6) is 0 Å². The van der Waals surface area contributed by atoms with Crippen LogP contribution in [0.4, 0.5) is 0 Å². The first-order chi connectivity index (χ1) is 14.4. The zero-order valence-electron chi connectivity index (χ0n) is 18.2. The third-order valence-corrected chi connectivity index (χ3v) is 6.02. The normalized spacial score (nSPS) is 23.3. The Morgan fingerprint density at radius 2 is 2.10 bits per heavy atom. The summed E-state index contributed by atoms with van der Waals surface area (Å²) in [6.45, 7) is 10.5. The average molecular weight is 420 g/mol. The van der Waals surface area contributed by atoms with E-state index in [1.807, 2.05) is 26.8 Å². The Labute approximate surface area is 178 Å². The number of rotatable bonds is 8. The Morgan fingerprint density at radius 1 is 1.37 bits per heavy atom. The number of morpholine rings is 1. The van der Waals surface area contributed by atoms with Crippen LogP contribution in [-0.4, -0.2) is 81.0 Å². The van der Waals surface area contributed by atoms with Crippen molar-refractivity contribution in [3.8, 4) is 0 Å². The van der Waals surface area contributed by atoms with E-state index in [9.17, 15) is 14.6 Å². The highest BCUT2D eigenvalue weighted by molar-refractivity contribution is 6.53. The van der Waals surface area contributed by atoms with E-state index in [0.29, 0.717) is 25.2 Å². The number of hydrogen-bond acceptors (Lipinski definition) is 7. The van der Waals surface area contributed by atoms with E-state index in [1.54, 1.807) is 0 Å². The molecule has 30 heavy (non-hydrogen) atoms. The highest BCUT2D eigenvalue weighted by Crippen LogP contribution is 2.35. The van der Waals surface area contributed by atoms with Gasteiger partial charge in [-0.15, -0.1) is 0 Å². The smallest absolute Gasteiger partial charge is 0.464 e. The highest BCUT2D eigenvalue weighted by atomic mass is 16.5. The van der Waals surface area contributed by atoms with Gasteiger partial charge < -0.3 is 24.5 Å². The number of hydrogen-bond donors (Lipinski definition) is 2. The number of nitrogens with one attached hydrogen (secondary N) is 1. The van der Waals surface area contributed by atoms with Gasteiger partial charge in [-0.05, 0) is 36.7 Å². The molecule has 3 aliphatic rings. The lowest BCUT2D eigenvalue weighted by Crippen LogP contribution is -2.46. The maximum atomic E-state index is 12.9. The molecular formula is C21H33BN2O6. The van der Waals surface area contributed by atoms with E-state index in [4.69, 9.17) is 14.1 Å². The minimum absolute atomic E-state index is 0.106. The first-order valence-corrected chi connectivity index (χ1v) is 10.9. The minimum atomic E-state index is -0.955. The zero-order chi connectivity index (χ0) is 21.7. The summed E-state index contributed by atoms with van der Waals surface area (Å²) in [5.41, 5.74) is 2.00. The fraction of sp³-hybridized carbons (Fsp3) is 0.714. The van der Waals surface area contributed by atoms with Crippen LogP contribution < -0.4 is 5.32 Å². The molecule has 2 aliphatic heterocycles. The molecule has 8 nitrogen and oxygen atoms in total. The van der Waals surface area contributed by atoms with Crippen LogP contribution in [0.3, 0.4) is 0 Å². The van der Waals surface area contributed by atoms with Gasteiger partial charge in [0.2, 0.25) is 0 Å². The quantitative estimate of drug-likeness (QED) is 0.339. The third kappa shape index (κ3) is 5.52. The van der Waals surface area contributed by atoms with Gasteiger partial charge in [-0.1, -0.05) is 19.9 Å². The second kappa shape index (κ2) is 10.6. The molecule has 1 unspecified atom stereocenters. The standard InChI is InChI=1S/C21H33BN2O6/c1-14(2)19(21(26)29-10-4-7-24-8-11-28-12-9-24)23-20(25)17-6-5-16-13-30-22(27)18(16)15(17)3/h6,14,16,19,27H,4-5,7-13H2,1-3H3,(H,23,25)/t16?,19-/m0/s1. The Morgan fingerprint density at radius 3 is 2.80 bits per heavy atom. The van der Waals surface area contributed by atoms with Crippen molar-refractivity contribution in [1.82, 2.24) is 10.2 Å². The molecule has 1 amide bonds. The van der Waals surface area contributed by atoms with Crippen LogP contribution >= 0.6 is 0 Å². The molecule has 0 radical (unpaired) electrons. The minimum Gasteiger partial charge on any atom is -0.464 e. The topological polar surface area (TPSA) is 97.3 Å². The van der Waals surface area contributed by atoms with Crippen LogP contribution in [0.2, 0.25) is 0 Å². The number of esters is 1. The maximum Gasteiger partial charge on any atom is 0.487 e. The van der Waals surface area contributed by atoms with Crippen molar-refractivity contribution in [3.63, 3.8) is 0 Å². The number of carbonyl (C=O) groups is 2. The number of fused-ring (bicyclic) bond motifs is 1. The lowest BCUT2D eigenvalue weighted by atomic mass is 9.68. The SMILES string of the molecule is CC1=C2B(O)OCC2CC=C1C(=O)N[C@H](C(=O)OCCCN1CCOCC1)C(C)C. The van der Waals surface area contributed by atoms with Crippen LogP contribution in [0, 0.1) is 11.8 Å². The van der Waals surface area contributed by atoms with Crippen LogP contribution in [-0.2, 0) is 23.7 Å². The van der Waals surface area contributed by atoms with E-state index in [2.05, 4.69) is 10.2 Å². The molecule has 0 aromatic rings.